The van der Waals surface area contributed by atoms with Gasteiger partial charge in [0.1, 0.15) is 18.2 Å². The van der Waals surface area contributed by atoms with E-state index in [1.807, 2.05) is 0 Å². The predicted octanol–water partition coefficient (Wildman–Crippen LogP) is 7.16. The Kier molecular flexibility index (Phi) is 7.28. The van der Waals surface area contributed by atoms with E-state index in [-0.39, 0.29) is 5.75 Å². The molecule has 38 heavy (non-hydrogen) atoms. The fraction of sp³-hybridized carbons (Fsp3) is 0.160. The molecule has 0 saturated heterocycles. The topological polar surface area (TPSA) is 78.3 Å². The first-order valence-corrected chi connectivity index (χ1v) is 10.9. The van der Waals surface area contributed by atoms with Crippen LogP contribution in [0.4, 0.5) is 36.8 Å². The molecule has 7 nitrogen and oxygen atoms in total. The summed E-state index contributed by atoms with van der Waals surface area (Å²) in [4.78, 5) is 16.4. The van der Waals surface area contributed by atoms with E-state index >= 15 is 0 Å². The number of anilines is 1. The lowest BCUT2D eigenvalue weighted by Crippen LogP contribution is -2.17. The molecule has 3 aromatic carbocycles. The van der Waals surface area contributed by atoms with Crippen molar-refractivity contribution in [3.8, 4) is 22.8 Å². The Balaban J connectivity index is 1.35. The average Bonchev–Trinajstić information content (AvgIpc) is 3.34. The minimum Gasteiger partial charge on any atom is -0.441 e. The summed E-state index contributed by atoms with van der Waals surface area (Å²) in [5.41, 5.74) is 1.04. The number of alkyl halides is 6. The number of hydrogen-bond donors (Lipinski definition) is 1. The van der Waals surface area contributed by atoms with E-state index in [0.29, 0.717) is 28.3 Å². The lowest BCUT2D eigenvalue weighted by molar-refractivity contribution is -0.274. The van der Waals surface area contributed by atoms with Gasteiger partial charge >= 0.3 is 18.6 Å². The van der Waals surface area contributed by atoms with Gasteiger partial charge in [-0.05, 0) is 73.2 Å². The maximum atomic E-state index is 12.7. The minimum atomic E-state index is -4.79. The maximum Gasteiger partial charge on any atom is 0.573 e. The predicted molar refractivity (Wildman–Crippen MR) is 123 cm³/mol. The highest BCUT2D eigenvalue weighted by Gasteiger charge is 2.31. The Bertz CT molecular complexity index is 1380. The van der Waals surface area contributed by atoms with Gasteiger partial charge in [-0.15, -0.1) is 18.3 Å². The summed E-state index contributed by atoms with van der Waals surface area (Å²) in [7, 11) is 0. The minimum absolute atomic E-state index is 0.325. The summed E-state index contributed by atoms with van der Waals surface area (Å²) >= 11 is 0. The number of halogens is 6. The van der Waals surface area contributed by atoms with Crippen LogP contribution in [0.3, 0.4) is 0 Å². The van der Waals surface area contributed by atoms with Gasteiger partial charge in [0.05, 0.1) is 11.3 Å². The van der Waals surface area contributed by atoms with E-state index in [2.05, 4.69) is 20.1 Å². The first-order chi connectivity index (χ1) is 17.9. The fourth-order valence-electron chi connectivity index (χ4n) is 3.34. The normalized spacial score (nSPS) is 12.6. The SMILES string of the molecule is CC(OC(=O)Nc1ccc(-c2ncn(-c3ccc(OC(F)(F)F)cc3)n2)cc1)c1ccc(C(F)(F)F)cc1. The second-order valence-corrected chi connectivity index (χ2v) is 7.92. The van der Waals surface area contributed by atoms with Crippen LogP contribution in [0.25, 0.3) is 17.1 Å². The van der Waals surface area contributed by atoms with Crippen LogP contribution >= 0.6 is 0 Å². The van der Waals surface area contributed by atoms with Gasteiger partial charge in [-0.25, -0.2) is 14.5 Å². The van der Waals surface area contributed by atoms with Gasteiger partial charge in [0.25, 0.3) is 0 Å². The Morgan fingerprint density at radius 3 is 2.11 bits per heavy atom. The second-order valence-electron chi connectivity index (χ2n) is 7.92. The Hall–Kier alpha value is -4.55. The van der Waals surface area contributed by atoms with Crippen molar-refractivity contribution in [2.75, 3.05) is 5.32 Å². The molecular weight excluding hydrogens is 518 g/mol. The summed E-state index contributed by atoms with van der Waals surface area (Å²) in [6.45, 7) is 1.53. The molecule has 4 aromatic rings. The molecule has 0 bridgehead atoms. The third-order valence-electron chi connectivity index (χ3n) is 5.21. The lowest BCUT2D eigenvalue weighted by atomic mass is 10.1. The third-order valence-corrected chi connectivity index (χ3v) is 5.21. The van der Waals surface area contributed by atoms with E-state index in [4.69, 9.17) is 4.74 Å². The highest BCUT2D eigenvalue weighted by atomic mass is 19.4. The summed E-state index contributed by atoms with van der Waals surface area (Å²) in [6.07, 6.45) is -9.45. The van der Waals surface area contributed by atoms with Crippen molar-refractivity contribution in [1.29, 1.82) is 0 Å². The monoisotopic (exact) mass is 536 g/mol. The van der Waals surface area contributed by atoms with E-state index in [0.717, 1.165) is 24.3 Å². The van der Waals surface area contributed by atoms with Crippen LogP contribution in [0.5, 0.6) is 5.75 Å². The quantitative estimate of drug-likeness (QED) is 0.265. The molecule has 198 valence electrons. The Morgan fingerprint density at radius 1 is 0.895 bits per heavy atom. The number of nitrogens with one attached hydrogen (secondary N) is 1. The van der Waals surface area contributed by atoms with Crippen LogP contribution in [0, 0.1) is 0 Å². The molecule has 0 aliphatic heterocycles. The van der Waals surface area contributed by atoms with Crippen molar-refractivity contribution in [3.63, 3.8) is 0 Å². The number of carbonyl (C=O) groups is 1. The molecule has 0 aliphatic carbocycles. The number of benzene rings is 3. The number of amides is 1. The smallest absolute Gasteiger partial charge is 0.441 e. The number of hydrogen-bond acceptors (Lipinski definition) is 5. The molecule has 1 heterocycles. The number of ether oxygens (including phenoxy) is 2. The van der Waals surface area contributed by atoms with Crippen LogP contribution in [0.1, 0.15) is 24.2 Å². The zero-order valence-corrected chi connectivity index (χ0v) is 19.4. The molecule has 1 amide bonds. The molecule has 0 saturated carbocycles. The molecule has 1 atom stereocenters. The second kappa shape index (κ2) is 10.4. The zero-order chi connectivity index (χ0) is 27.5. The first-order valence-electron chi connectivity index (χ1n) is 10.9. The van der Waals surface area contributed by atoms with Crippen molar-refractivity contribution >= 4 is 11.8 Å². The van der Waals surface area contributed by atoms with Gasteiger partial charge in [-0.2, -0.15) is 13.2 Å². The van der Waals surface area contributed by atoms with Gasteiger partial charge in [0.15, 0.2) is 5.82 Å². The molecule has 4 rings (SSSR count). The van der Waals surface area contributed by atoms with Crippen molar-refractivity contribution in [3.05, 3.63) is 90.3 Å². The number of nitrogens with zero attached hydrogens (tertiary/aromatic N) is 3. The summed E-state index contributed by atoms with van der Waals surface area (Å²) in [5.74, 6) is -0.0392. The third kappa shape index (κ3) is 6.81. The molecular formula is C25H18F6N4O3. The molecule has 13 heteroatoms. The van der Waals surface area contributed by atoms with E-state index < -0.39 is 30.3 Å². The highest BCUT2D eigenvalue weighted by Crippen LogP contribution is 2.30. The Morgan fingerprint density at radius 2 is 1.53 bits per heavy atom. The van der Waals surface area contributed by atoms with Crippen LogP contribution in [-0.2, 0) is 10.9 Å². The fourth-order valence-corrected chi connectivity index (χ4v) is 3.34. The van der Waals surface area contributed by atoms with Crippen molar-refractivity contribution in [2.45, 2.75) is 25.6 Å². The van der Waals surface area contributed by atoms with Gasteiger partial charge in [-0.1, -0.05) is 12.1 Å². The molecule has 1 N–H and O–H groups in total. The number of carbonyl (C=O) groups excluding carboxylic acids is 1. The summed E-state index contributed by atoms with van der Waals surface area (Å²) < 4.78 is 85.5. The largest absolute Gasteiger partial charge is 0.573 e. The summed E-state index contributed by atoms with van der Waals surface area (Å²) in [6, 6.07) is 15.8. The molecule has 0 spiro atoms. The molecule has 1 aromatic heterocycles. The number of aromatic nitrogens is 3. The van der Waals surface area contributed by atoms with Crippen LogP contribution < -0.4 is 10.1 Å². The molecule has 1 unspecified atom stereocenters. The lowest BCUT2D eigenvalue weighted by Gasteiger charge is -2.15. The van der Waals surface area contributed by atoms with E-state index in [1.165, 1.54) is 42.2 Å². The standard InChI is InChI=1S/C25H18F6N4O3/c1-15(16-2-6-18(7-3-16)24(26,27)28)37-23(36)33-19-8-4-17(5-9-19)22-32-14-35(34-22)20-10-12-21(13-11-20)38-25(29,30)31/h2-15H,1H3,(H,33,36). The van der Waals surface area contributed by atoms with Crippen molar-refractivity contribution < 1.29 is 40.6 Å². The number of rotatable bonds is 6. The molecule has 0 radical (unpaired) electrons. The zero-order valence-electron chi connectivity index (χ0n) is 19.4. The maximum absolute atomic E-state index is 12.7. The van der Waals surface area contributed by atoms with Crippen LogP contribution in [0.2, 0.25) is 0 Å². The first kappa shape index (κ1) is 26.5. The highest BCUT2D eigenvalue weighted by molar-refractivity contribution is 5.85. The van der Waals surface area contributed by atoms with Crippen molar-refractivity contribution in [1.82, 2.24) is 14.8 Å². The van der Waals surface area contributed by atoms with E-state index in [9.17, 15) is 31.1 Å². The van der Waals surface area contributed by atoms with Gasteiger partial charge in [-0.3, -0.25) is 5.32 Å². The van der Waals surface area contributed by atoms with Gasteiger partial charge in [0, 0.05) is 11.3 Å². The van der Waals surface area contributed by atoms with E-state index in [1.54, 1.807) is 24.3 Å². The average molecular weight is 536 g/mol. The van der Waals surface area contributed by atoms with Crippen LogP contribution in [-0.4, -0.2) is 27.2 Å². The molecule has 0 aliphatic rings. The molecule has 0 fully saturated rings. The van der Waals surface area contributed by atoms with Gasteiger partial charge in [0.2, 0.25) is 0 Å². The Labute approximate surface area is 211 Å². The van der Waals surface area contributed by atoms with Crippen molar-refractivity contribution in [2.24, 2.45) is 0 Å². The van der Waals surface area contributed by atoms with Crippen LogP contribution in [0.15, 0.2) is 79.1 Å². The summed E-state index contributed by atoms with van der Waals surface area (Å²) in [5, 5.41) is 6.83. The van der Waals surface area contributed by atoms with Gasteiger partial charge < -0.3 is 9.47 Å².